The van der Waals surface area contributed by atoms with Gasteiger partial charge in [0.15, 0.2) is 6.61 Å². The molecule has 1 N–H and O–H groups in total. The topological polar surface area (TPSA) is 73.9 Å². The highest BCUT2D eigenvalue weighted by atomic mass is 19.4. The van der Waals surface area contributed by atoms with E-state index in [-0.39, 0.29) is 18.2 Å². The Morgan fingerprint density at radius 3 is 2.28 bits per heavy atom. The molecule has 2 aromatic carbocycles. The number of hydrogen-bond acceptors (Lipinski definition) is 5. The second kappa shape index (κ2) is 10.5. The van der Waals surface area contributed by atoms with Crippen molar-refractivity contribution in [3.63, 3.8) is 0 Å². The van der Waals surface area contributed by atoms with Crippen LogP contribution in [0.15, 0.2) is 48.5 Å². The van der Waals surface area contributed by atoms with E-state index in [0.29, 0.717) is 11.5 Å². The van der Waals surface area contributed by atoms with Gasteiger partial charge in [-0.1, -0.05) is 24.3 Å². The quantitative estimate of drug-likeness (QED) is 0.548. The van der Waals surface area contributed by atoms with Gasteiger partial charge in [-0.15, -0.1) is 0 Å². The maximum Gasteiger partial charge on any atom is 0.411 e. The summed E-state index contributed by atoms with van der Waals surface area (Å²) in [6, 6.07) is 13.1. The zero-order valence-corrected chi connectivity index (χ0v) is 17.5. The molecule has 0 spiro atoms. The Morgan fingerprint density at radius 2 is 1.72 bits per heavy atom. The zero-order valence-electron chi connectivity index (χ0n) is 17.5. The van der Waals surface area contributed by atoms with Crippen molar-refractivity contribution in [2.45, 2.75) is 31.7 Å². The third-order valence-electron chi connectivity index (χ3n) is 4.94. The summed E-state index contributed by atoms with van der Waals surface area (Å²) < 4.78 is 51.1. The lowest BCUT2D eigenvalue weighted by atomic mass is 10.0. The lowest BCUT2D eigenvalue weighted by Crippen LogP contribution is -2.33. The molecule has 2 aromatic rings. The first-order valence-electron chi connectivity index (χ1n) is 10.1. The van der Waals surface area contributed by atoms with Crippen LogP contribution in [0.3, 0.4) is 0 Å². The third-order valence-corrected chi connectivity index (χ3v) is 4.94. The second-order valence-electron chi connectivity index (χ2n) is 7.54. The van der Waals surface area contributed by atoms with Crippen LogP contribution in [0.5, 0.6) is 5.75 Å². The molecule has 1 aliphatic rings. The number of alkyl halides is 3. The molecule has 0 saturated heterocycles. The van der Waals surface area contributed by atoms with E-state index in [1.54, 1.807) is 7.11 Å². The van der Waals surface area contributed by atoms with Crippen LogP contribution in [-0.2, 0) is 20.9 Å². The predicted octanol–water partition coefficient (Wildman–Crippen LogP) is 4.20. The van der Waals surface area contributed by atoms with E-state index in [9.17, 15) is 22.8 Å². The Kier molecular flexibility index (Phi) is 7.74. The smallest absolute Gasteiger partial charge is 0.411 e. The van der Waals surface area contributed by atoms with Crippen LogP contribution in [0.2, 0.25) is 0 Å². The van der Waals surface area contributed by atoms with Crippen LogP contribution < -0.4 is 10.1 Å². The Morgan fingerprint density at radius 1 is 1.06 bits per heavy atom. The second-order valence-corrected chi connectivity index (χ2v) is 7.54. The number of benzene rings is 2. The number of ether oxygens (including phenoxy) is 3. The lowest BCUT2D eigenvalue weighted by Gasteiger charge is -2.19. The Hall–Kier alpha value is -3.07. The number of nitrogens with one attached hydrogen (secondary N) is 1. The van der Waals surface area contributed by atoms with Crippen molar-refractivity contribution < 1.29 is 37.0 Å². The standard InChI is InChI=1S/C23H24F3NO5/c1-30-19-10-8-17(9-11-19)21(16-6-7-16)27-20(28)13-32-22(29)18-4-2-15(3-5-18)12-31-14-23(24,25)26/h2-5,8-11,16,21H,6-7,12-14H2,1H3,(H,27,28). The van der Waals surface area contributed by atoms with Crippen molar-refractivity contribution in [2.75, 3.05) is 20.3 Å². The van der Waals surface area contributed by atoms with Gasteiger partial charge in [-0.25, -0.2) is 4.79 Å². The summed E-state index contributed by atoms with van der Waals surface area (Å²) in [6.07, 6.45) is -2.37. The number of esters is 1. The molecular weight excluding hydrogens is 427 g/mol. The lowest BCUT2D eigenvalue weighted by molar-refractivity contribution is -0.176. The van der Waals surface area contributed by atoms with Gasteiger partial charge in [-0.3, -0.25) is 4.79 Å². The van der Waals surface area contributed by atoms with Crippen LogP contribution in [0, 0.1) is 5.92 Å². The van der Waals surface area contributed by atoms with Crippen LogP contribution in [0.25, 0.3) is 0 Å². The van der Waals surface area contributed by atoms with Gasteiger partial charge in [0.2, 0.25) is 0 Å². The number of hydrogen-bond donors (Lipinski definition) is 1. The average Bonchev–Trinajstić information content (AvgIpc) is 3.61. The molecule has 1 unspecified atom stereocenters. The fourth-order valence-corrected chi connectivity index (χ4v) is 3.17. The van der Waals surface area contributed by atoms with E-state index >= 15 is 0 Å². The summed E-state index contributed by atoms with van der Waals surface area (Å²) in [7, 11) is 1.58. The molecule has 0 aliphatic heterocycles. The van der Waals surface area contributed by atoms with Crippen molar-refractivity contribution in [1.29, 1.82) is 0 Å². The van der Waals surface area contributed by atoms with Crippen molar-refractivity contribution >= 4 is 11.9 Å². The molecule has 1 atom stereocenters. The van der Waals surface area contributed by atoms with Crippen LogP contribution >= 0.6 is 0 Å². The summed E-state index contributed by atoms with van der Waals surface area (Å²) in [5.74, 6) is -0.0461. The fourth-order valence-electron chi connectivity index (χ4n) is 3.17. The van der Waals surface area contributed by atoms with Crippen LogP contribution in [0.4, 0.5) is 13.2 Å². The summed E-state index contributed by atoms with van der Waals surface area (Å²) in [5.41, 5.74) is 1.62. The minimum Gasteiger partial charge on any atom is -0.497 e. The summed E-state index contributed by atoms with van der Waals surface area (Å²) >= 11 is 0. The third kappa shape index (κ3) is 7.26. The van der Waals surface area contributed by atoms with Crippen LogP contribution in [0.1, 0.15) is 40.4 Å². The Bertz CT molecular complexity index is 909. The largest absolute Gasteiger partial charge is 0.497 e. The molecular formula is C23H24F3NO5. The zero-order chi connectivity index (χ0) is 23.1. The highest BCUT2D eigenvalue weighted by Crippen LogP contribution is 2.41. The minimum atomic E-state index is -4.39. The molecule has 32 heavy (non-hydrogen) atoms. The van der Waals surface area contributed by atoms with Gasteiger partial charge < -0.3 is 19.5 Å². The first kappa shape index (κ1) is 23.6. The number of carbonyl (C=O) groups excluding carboxylic acids is 2. The molecule has 1 amide bonds. The summed E-state index contributed by atoms with van der Waals surface area (Å²) in [4.78, 5) is 24.5. The normalized spacial score (nSPS) is 14.5. The monoisotopic (exact) mass is 451 g/mol. The molecule has 1 aliphatic carbocycles. The molecule has 0 aromatic heterocycles. The summed E-state index contributed by atoms with van der Waals surface area (Å²) in [6.45, 7) is -2.01. The number of halogens is 3. The summed E-state index contributed by atoms with van der Waals surface area (Å²) in [5, 5.41) is 2.92. The van der Waals surface area contributed by atoms with Crippen molar-refractivity contribution in [2.24, 2.45) is 5.92 Å². The van der Waals surface area contributed by atoms with E-state index < -0.39 is 31.3 Å². The number of amides is 1. The molecule has 6 nitrogen and oxygen atoms in total. The van der Waals surface area contributed by atoms with Crippen molar-refractivity contribution in [1.82, 2.24) is 5.32 Å². The molecule has 9 heteroatoms. The molecule has 1 fully saturated rings. The number of rotatable bonds is 10. The van der Waals surface area contributed by atoms with Gasteiger partial charge >= 0.3 is 12.1 Å². The van der Waals surface area contributed by atoms with Gasteiger partial charge in [-0.2, -0.15) is 13.2 Å². The van der Waals surface area contributed by atoms with E-state index in [4.69, 9.17) is 9.47 Å². The highest BCUT2D eigenvalue weighted by molar-refractivity contribution is 5.91. The number of methoxy groups -OCH3 is 1. The van der Waals surface area contributed by atoms with Gasteiger partial charge in [0, 0.05) is 0 Å². The van der Waals surface area contributed by atoms with E-state index in [2.05, 4.69) is 10.1 Å². The van der Waals surface area contributed by atoms with Gasteiger partial charge in [0.25, 0.3) is 5.91 Å². The molecule has 0 radical (unpaired) electrons. The van der Waals surface area contributed by atoms with Gasteiger partial charge in [0.1, 0.15) is 12.4 Å². The molecule has 1 saturated carbocycles. The maximum atomic E-state index is 12.3. The maximum absolute atomic E-state index is 12.3. The molecule has 172 valence electrons. The first-order chi connectivity index (χ1) is 15.2. The Balaban J connectivity index is 1.47. The average molecular weight is 451 g/mol. The molecule has 0 bridgehead atoms. The van der Waals surface area contributed by atoms with Gasteiger partial charge in [0.05, 0.1) is 25.3 Å². The Labute approximate surface area is 183 Å². The number of carbonyl (C=O) groups is 2. The van der Waals surface area contributed by atoms with Crippen molar-refractivity contribution in [3.05, 3.63) is 65.2 Å². The fraction of sp³-hybridized carbons (Fsp3) is 0.391. The van der Waals surface area contributed by atoms with E-state index in [1.165, 1.54) is 24.3 Å². The minimum absolute atomic E-state index is 0.164. The molecule has 3 rings (SSSR count). The predicted molar refractivity (Wildman–Crippen MR) is 109 cm³/mol. The van der Waals surface area contributed by atoms with Gasteiger partial charge in [-0.05, 0) is 54.2 Å². The van der Waals surface area contributed by atoms with Crippen molar-refractivity contribution in [3.8, 4) is 5.75 Å². The SMILES string of the molecule is COc1ccc(C(NC(=O)COC(=O)c2ccc(COCC(F)(F)F)cc2)C2CC2)cc1. The molecule has 0 heterocycles. The van der Waals surface area contributed by atoms with E-state index in [0.717, 1.165) is 24.2 Å². The van der Waals surface area contributed by atoms with Crippen LogP contribution in [-0.4, -0.2) is 38.4 Å². The highest BCUT2D eigenvalue weighted by Gasteiger charge is 2.33. The first-order valence-corrected chi connectivity index (χ1v) is 10.1. The van der Waals surface area contributed by atoms with E-state index in [1.807, 2.05) is 24.3 Å².